The number of anilines is 3. The maximum absolute atomic E-state index is 4.40. The van der Waals surface area contributed by atoms with Crippen LogP contribution in [0.3, 0.4) is 0 Å². The molecule has 0 radical (unpaired) electrons. The lowest BCUT2D eigenvalue weighted by atomic mass is 10.0. The molecule has 0 aliphatic heterocycles. The van der Waals surface area contributed by atoms with Gasteiger partial charge in [0.2, 0.25) is 0 Å². The van der Waals surface area contributed by atoms with Crippen LogP contribution in [-0.4, -0.2) is 16.5 Å². The van der Waals surface area contributed by atoms with Crippen molar-refractivity contribution < 1.29 is 0 Å². The van der Waals surface area contributed by atoms with Gasteiger partial charge in [0.25, 0.3) is 0 Å². The molecule has 0 fully saturated rings. The highest BCUT2D eigenvalue weighted by Gasteiger charge is 2.14. The molecule has 2 aromatic rings. The van der Waals surface area contributed by atoms with Crippen LogP contribution >= 0.6 is 0 Å². The fraction of sp³-hybridized carbons (Fsp3) is 0.375. The van der Waals surface area contributed by atoms with E-state index in [1.165, 1.54) is 5.56 Å². The van der Waals surface area contributed by atoms with Crippen molar-refractivity contribution in [1.82, 2.24) is 9.97 Å². The quantitative estimate of drug-likeness (QED) is 0.859. The van der Waals surface area contributed by atoms with E-state index in [0.29, 0.717) is 5.92 Å². The van der Waals surface area contributed by atoms with E-state index in [-0.39, 0.29) is 0 Å². The Morgan fingerprint density at radius 3 is 2.30 bits per heavy atom. The molecule has 0 aliphatic carbocycles. The van der Waals surface area contributed by atoms with E-state index in [0.717, 1.165) is 29.4 Å². The third kappa shape index (κ3) is 3.26. The molecule has 0 saturated heterocycles. The average Bonchev–Trinajstić information content (AvgIpc) is 2.41. The number of rotatable bonds is 5. The molecule has 1 aromatic carbocycles. The van der Waals surface area contributed by atoms with E-state index < -0.39 is 0 Å². The summed E-state index contributed by atoms with van der Waals surface area (Å²) in [4.78, 5) is 8.74. The lowest BCUT2D eigenvalue weighted by molar-refractivity contribution is 0.849. The first kappa shape index (κ1) is 14.3. The van der Waals surface area contributed by atoms with E-state index in [4.69, 9.17) is 0 Å². The molecule has 0 unspecified atom stereocenters. The van der Waals surface area contributed by atoms with E-state index in [1.807, 2.05) is 0 Å². The van der Waals surface area contributed by atoms with Gasteiger partial charge in [0.1, 0.15) is 18.0 Å². The highest BCUT2D eigenvalue weighted by atomic mass is 15.1. The first-order chi connectivity index (χ1) is 9.61. The molecule has 0 spiro atoms. The number of aromatic nitrogens is 2. The first-order valence-electron chi connectivity index (χ1n) is 7.04. The molecule has 4 nitrogen and oxygen atoms in total. The van der Waals surface area contributed by atoms with Crippen molar-refractivity contribution in [3.05, 3.63) is 41.7 Å². The zero-order chi connectivity index (χ0) is 14.5. The molecule has 2 N–H and O–H groups in total. The van der Waals surface area contributed by atoms with Crippen molar-refractivity contribution >= 4 is 17.3 Å². The third-order valence-corrected chi connectivity index (χ3v) is 3.12. The summed E-state index contributed by atoms with van der Waals surface area (Å²) in [5.41, 5.74) is 3.41. The Morgan fingerprint density at radius 1 is 1.05 bits per heavy atom. The Kier molecular flexibility index (Phi) is 4.56. The fourth-order valence-electron chi connectivity index (χ4n) is 2.12. The highest BCUT2D eigenvalue weighted by Crippen LogP contribution is 2.30. The number of nitrogens with zero attached hydrogens (tertiary/aromatic N) is 2. The van der Waals surface area contributed by atoms with Gasteiger partial charge in [0.05, 0.1) is 0 Å². The van der Waals surface area contributed by atoms with Crippen molar-refractivity contribution in [2.45, 2.75) is 33.6 Å². The van der Waals surface area contributed by atoms with E-state index in [9.17, 15) is 0 Å². The second-order valence-electron chi connectivity index (χ2n) is 5.16. The molecule has 0 amide bonds. The Labute approximate surface area is 120 Å². The van der Waals surface area contributed by atoms with E-state index >= 15 is 0 Å². The molecule has 1 heterocycles. The van der Waals surface area contributed by atoms with Gasteiger partial charge in [-0.15, -0.1) is 0 Å². The van der Waals surface area contributed by atoms with Crippen LogP contribution in [0.4, 0.5) is 17.3 Å². The molecule has 0 bridgehead atoms. The summed E-state index contributed by atoms with van der Waals surface area (Å²) >= 11 is 0. The molecule has 0 atom stereocenters. The maximum Gasteiger partial charge on any atom is 0.139 e. The first-order valence-corrected chi connectivity index (χ1v) is 7.04. The molecule has 106 valence electrons. The minimum absolute atomic E-state index is 0.346. The van der Waals surface area contributed by atoms with Gasteiger partial charge in [-0.2, -0.15) is 0 Å². The normalized spacial score (nSPS) is 10.7. The van der Waals surface area contributed by atoms with Gasteiger partial charge in [0, 0.05) is 17.8 Å². The highest BCUT2D eigenvalue weighted by molar-refractivity contribution is 5.65. The number of aryl methyl sites for hydroxylation is 1. The van der Waals surface area contributed by atoms with Crippen molar-refractivity contribution in [2.75, 3.05) is 17.2 Å². The van der Waals surface area contributed by atoms with Gasteiger partial charge in [-0.3, -0.25) is 0 Å². The predicted molar refractivity (Wildman–Crippen MR) is 84.7 cm³/mol. The summed E-state index contributed by atoms with van der Waals surface area (Å²) in [7, 11) is 0. The number of hydrogen-bond donors (Lipinski definition) is 2. The average molecular weight is 270 g/mol. The molecule has 1 aromatic heterocycles. The molecule has 20 heavy (non-hydrogen) atoms. The van der Waals surface area contributed by atoms with Gasteiger partial charge >= 0.3 is 0 Å². The smallest absolute Gasteiger partial charge is 0.139 e. The lowest BCUT2D eigenvalue weighted by Crippen LogP contribution is -2.09. The second kappa shape index (κ2) is 6.37. The van der Waals surface area contributed by atoms with Crippen LogP contribution in [-0.2, 0) is 0 Å². The van der Waals surface area contributed by atoms with Gasteiger partial charge in [-0.25, -0.2) is 9.97 Å². The Hall–Kier alpha value is -2.10. The molecular weight excluding hydrogens is 248 g/mol. The van der Waals surface area contributed by atoms with Crippen LogP contribution in [0.1, 0.15) is 37.8 Å². The summed E-state index contributed by atoms with van der Waals surface area (Å²) in [5.74, 6) is 2.13. The minimum atomic E-state index is 0.346. The van der Waals surface area contributed by atoms with Crippen molar-refractivity contribution in [3.63, 3.8) is 0 Å². The van der Waals surface area contributed by atoms with E-state index in [1.54, 1.807) is 6.33 Å². The van der Waals surface area contributed by atoms with Crippen molar-refractivity contribution in [2.24, 2.45) is 0 Å². The van der Waals surface area contributed by atoms with Crippen LogP contribution in [0.2, 0.25) is 0 Å². The molecule has 0 saturated carbocycles. The number of benzene rings is 1. The zero-order valence-electron chi connectivity index (χ0n) is 12.6. The van der Waals surface area contributed by atoms with Gasteiger partial charge in [-0.1, -0.05) is 31.5 Å². The SMILES string of the molecule is CCNc1ncnc(Nc2ccc(C)cc2)c1C(C)C. The lowest BCUT2D eigenvalue weighted by Gasteiger charge is -2.17. The standard InChI is InChI=1S/C16H22N4/c1-5-17-15-14(11(2)3)16(19-10-18-15)20-13-8-6-12(4)7-9-13/h6-11H,5H2,1-4H3,(H2,17,18,19,20). The Bertz CT molecular complexity index is 561. The van der Waals surface area contributed by atoms with Crippen LogP contribution < -0.4 is 10.6 Å². The number of hydrogen-bond acceptors (Lipinski definition) is 4. The van der Waals surface area contributed by atoms with Crippen LogP contribution in [0.15, 0.2) is 30.6 Å². The monoisotopic (exact) mass is 270 g/mol. The molecule has 2 rings (SSSR count). The van der Waals surface area contributed by atoms with Crippen molar-refractivity contribution in [1.29, 1.82) is 0 Å². The summed E-state index contributed by atoms with van der Waals surface area (Å²) in [6, 6.07) is 8.30. The van der Waals surface area contributed by atoms with Gasteiger partial charge in [-0.05, 0) is 31.9 Å². The van der Waals surface area contributed by atoms with Gasteiger partial charge in [0.15, 0.2) is 0 Å². The molecular formula is C16H22N4. The molecule has 0 aliphatic rings. The van der Waals surface area contributed by atoms with E-state index in [2.05, 4.69) is 72.6 Å². The Morgan fingerprint density at radius 2 is 1.70 bits per heavy atom. The van der Waals surface area contributed by atoms with Crippen LogP contribution in [0, 0.1) is 6.92 Å². The predicted octanol–water partition coefficient (Wildman–Crippen LogP) is 4.08. The maximum atomic E-state index is 4.40. The summed E-state index contributed by atoms with van der Waals surface area (Å²) in [6.07, 6.45) is 1.60. The number of nitrogens with one attached hydrogen (secondary N) is 2. The Balaban J connectivity index is 2.35. The topological polar surface area (TPSA) is 49.8 Å². The van der Waals surface area contributed by atoms with Crippen LogP contribution in [0.25, 0.3) is 0 Å². The van der Waals surface area contributed by atoms with Crippen molar-refractivity contribution in [3.8, 4) is 0 Å². The largest absolute Gasteiger partial charge is 0.370 e. The second-order valence-corrected chi connectivity index (χ2v) is 5.16. The molecule has 4 heteroatoms. The third-order valence-electron chi connectivity index (χ3n) is 3.12. The van der Waals surface area contributed by atoms with Crippen LogP contribution in [0.5, 0.6) is 0 Å². The van der Waals surface area contributed by atoms with Gasteiger partial charge < -0.3 is 10.6 Å². The zero-order valence-corrected chi connectivity index (χ0v) is 12.6. The summed E-state index contributed by atoms with van der Waals surface area (Å²) in [5, 5.41) is 6.69. The fourth-order valence-corrected chi connectivity index (χ4v) is 2.12. The summed E-state index contributed by atoms with van der Waals surface area (Å²) < 4.78 is 0. The minimum Gasteiger partial charge on any atom is -0.370 e. The summed E-state index contributed by atoms with van der Waals surface area (Å²) in [6.45, 7) is 9.30.